The molecule has 2 aliphatic rings. The fourth-order valence-electron chi connectivity index (χ4n) is 5.08. The van der Waals surface area contributed by atoms with Crippen molar-refractivity contribution in [1.29, 1.82) is 5.26 Å². The Morgan fingerprint density at radius 1 is 1.21 bits per heavy atom. The first-order valence-corrected chi connectivity index (χ1v) is 9.76. The van der Waals surface area contributed by atoms with Crippen LogP contribution in [0.1, 0.15) is 46.6 Å². The van der Waals surface area contributed by atoms with Crippen molar-refractivity contribution in [3.63, 3.8) is 0 Å². The monoisotopic (exact) mass is 401 g/mol. The highest BCUT2D eigenvalue weighted by atomic mass is 19.4. The number of alkyl halides is 3. The van der Waals surface area contributed by atoms with E-state index in [1.807, 2.05) is 30.5 Å². The van der Waals surface area contributed by atoms with Gasteiger partial charge >= 0.3 is 6.18 Å². The molecule has 2 fully saturated rings. The van der Waals surface area contributed by atoms with Crippen LogP contribution in [0.25, 0.3) is 5.69 Å². The average Bonchev–Trinajstić information content (AvgIpc) is 3.32. The lowest BCUT2D eigenvalue weighted by Gasteiger charge is -2.25. The predicted molar refractivity (Wildman–Crippen MR) is 102 cm³/mol. The molecule has 4 nitrogen and oxygen atoms in total. The third-order valence-corrected chi connectivity index (χ3v) is 6.41. The number of ketones is 1. The molecule has 2 unspecified atom stereocenters. The van der Waals surface area contributed by atoms with Crippen molar-refractivity contribution in [1.82, 2.24) is 9.47 Å². The summed E-state index contributed by atoms with van der Waals surface area (Å²) < 4.78 is 41.8. The van der Waals surface area contributed by atoms with Crippen molar-refractivity contribution in [2.45, 2.75) is 51.4 Å². The van der Waals surface area contributed by atoms with E-state index in [9.17, 15) is 18.0 Å². The van der Waals surface area contributed by atoms with E-state index in [-0.39, 0.29) is 24.8 Å². The van der Waals surface area contributed by atoms with Gasteiger partial charge in [-0.3, -0.25) is 9.69 Å². The van der Waals surface area contributed by atoms with Gasteiger partial charge in [0, 0.05) is 34.7 Å². The number of hydrogen-bond acceptors (Lipinski definition) is 3. The Balaban J connectivity index is 1.57. The number of carbonyl (C=O) groups is 1. The standard InChI is InChI=1S/C22H22F3N3O/c1-13-9-18(14(2)28(13)16-5-3-15(11-26)4-6-16)21(29)12-27-17-7-8-20(27)19(10-17)22(23,24)25/h3-6,9,17,19-20H,7-8,10,12H2,1-2H3/t17?,19-,20?/m0/s1. The Morgan fingerprint density at radius 3 is 2.48 bits per heavy atom. The molecule has 2 saturated heterocycles. The number of carbonyl (C=O) groups excluding carboxylic acids is 1. The molecule has 0 spiro atoms. The second-order valence-corrected chi connectivity index (χ2v) is 8.06. The van der Waals surface area contributed by atoms with Crippen LogP contribution < -0.4 is 0 Å². The van der Waals surface area contributed by atoms with Gasteiger partial charge in [0.05, 0.1) is 24.1 Å². The number of Topliss-reactive ketones (excluding diaryl/α,β-unsaturated/α-hetero) is 1. The fourth-order valence-corrected chi connectivity index (χ4v) is 5.08. The summed E-state index contributed by atoms with van der Waals surface area (Å²) in [7, 11) is 0. The van der Waals surface area contributed by atoms with Crippen LogP contribution in [0.2, 0.25) is 0 Å². The van der Waals surface area contributed by atoms with Gasteiger partial charge in [0.15, 0.2) is 5.78 Å². The van der Waals surface area contributed by atoms with Gasteiger partial charge in [-0.15, -0.1) is 0 Å². The van der Waals surface area contributed by atoms with Gasteiger partial charge in [0.25, 0.3) is 0 Å². The Bertz CT molecular complexity index is 984. The Labute approximate surface area is 167 Å². The van der Waals surface area contributed by atoms with Crippen LogP contribution in [0.3, 0.4) is 0 Å². The van der Waals surface area contributed by atoms with Gasteiger partial charge < -0.3 is 4.57 Å². The van der Waals surface area contributed by atoms with Crippen LogP contribution >= 0.6 is 0 Å². The molecule has 7 heteroatoms. The topological polar surface area (TPSA) is 49.0 Å². The summed E-state index contributed by atoms with van der Waals surface area (Å²) in [6, 6.07) is 10.2. The Kier molecular flexibility index (Phi) is 4.78. The maximum Gasteiger partial charge on any atom is 0.393 e. The van der Waals surface area contributed by atoms with E-state index in [1.54, 1.807) is 23.1 Å². The summed E-state index contributed by atoms with van der Waals surface area (Å²) >= 11 is 0. The minimum atomic E-state index is -4.20. The van der Waals surface area contributed by atoms with Crippen LogP contribution in [0.15, 0.2) is 30.3 Å². The third-order valence-electron chi connectivity index (χ3n) is 6.41. The van der Waals surface area contributed by atoms with Crippen LogP contribution in [0, 0.1) is 31.1 Å². The number of nitriles is 1. The molecule has 2 aromatic rings. The van der Waals surface area contributed by atoms with Crippen LogP contribution in [0.4, 0.5) is 13.2 Å². The number of fused-ring (bicyclic) bond motifs is 2. The molecule has 152 valence electrons. The zero-order valence-electron chi connectivity index (χ0n) is 16.3. The van der Waals surface area contributed by atoms with Gasteiger partial charge in [-0.05, 0) is 63.4 Å². The molecular formula is C22H22F3N3O. The van der Waals surface area contributed by atoms with Crippen molar-refractivity contribution >= 4 is 5.78 Å². The van der Waals surface area contributed by atoms with Crippen molar-refractivity contribution in [3.8, 4) is 11.8 Å². The smallest absolute Gasteiger partial charge is 0.318 e. The van der Waals surface area contributed by atoms with Crippen molar-refractivity contribution in [3.05, 3.63) is 52.8 Å². The number of benzene rings is 1. The summed E-state index contributed by atoms with van der Waals surface area (Å²) in [5, 5.41) is 8.96. The van der Waals surface area contributed by atoms with E-state index in [1.165, 1.54) is 0 Å². The molecule has 3 heterocycles. The molecule has 0 N–H and O–H groups in total. The van der Waals surface area contributed by atoms with E-state index in [0.29, 0.717) is 17.5 Å². The molecule has 3 atom stereocenters. The lowest BCUT2D eigenvalue weighted by Crippen LogP contribution is -2.38. The second-order valence-electron chi connectivity index (χ2n) is 8.06. The molecule has 0 aliphatic carbocycles. The molecule has 0 radical (unpaired) electrons. The minimum absolute atomic E-state index is 0.0274. The van der Waals surface area contributed by atoms with Crippen LogP contribution in [-0.4, -0.2) is 40.1 Å². The van der Waals surface area contributed by atoms with Gasteiger partial charge in [-0.2, -0.15) is 18.4 Å². The summed E-state index contributed by atoms with van der Waals surface area (Å²) in [5.41, 5.74) is 3.57. The van der Waals surface area contributed by atoms with E-state index in [2.05, 4.69) is 6.07 Å². The predicted octanol–water partition coefficient (Wildman–Crippen LogP) is 4.56. The highest BCUT2D eigenvalue weighted by molar-refractivity contribution is 5.99. The second kappa shape index (κ2) is 7.03. The average molecular weight is 401 g/mol. The zero-order chi connectivity index (χ0) is 20.9. The molecule has 29 heavy (non-hydrogen) atoms. The first kappa shape index (κ1) is 19.7. The lowest BCUT2D eigenvalue weighted by molar-refractivity contribution is -0.181. The summed E-state index contributed by atoms with van der Waals surface area (Å²) in [4.78, 5) is 14.8. The highest BCUT2D eigenvalue weighted by Crippen LogP contribution is 2.48. The number of halogens is 3. The Hall–Kier alpha value is -2.59. The fraction of sp³-hybridized carbons (Fsp3) is 0.455. The molecule has 1 aromatic carbocycles. The van der Waals surface area contributed by atoms with Gasteiger partial charge in [0.1, 0.15) is 0 Å². The highest BCUT2D eigenvalue weighted by Gasteiger charge is 2.56. The summed E-state index contributed by atoms with van der Waals surface area (Å²) in [5.74, 6) is -1.46. The number of hydrogen-bond donors (Lipinski definition) is 0. The number of rotatable bonds is 4. The van der Waals surface area contributed by atoms with Gasteiger partial charge in [0.2, 0.25) is 0 Å². The summed E-state index contributed by atoms with van der Waals surface area (Å²) in [6.45, 7) is 3.76. The molecule has 4 rings (SSSR count). The number of aromatic nitrogens is 1. The van der Waals surface area contributed by atoms with Crippen molar-refractivity contribution in [2.75, 3.05) is 6.54 Å². The number of aryl methyl sites for hydroxylation is 1. The van der Waals surface area contributed by atoms with Crippen LogP contribution in [0.5, 0.6) is 0 Å². The molecule has 2 aliphatic heterocycles. The van der Waals surface area contributed by atoms with E-state index >= 15 is 0 Å². The normalized spacial score (nSPS) is 24.1. The number of nitrogens with zero attached hydrogens (tertiary/aromatic N) is 3. The van der Waals surface area contributed by atoms with Crippen LogP contribution in [-0.2, 0) is 0 Å². The lowest BCUT2D eigenvalue weighted by atomic mass is 9.89. The van der Waals surface area contributed by atoms with E-state index in [4.69, 9.17) is 5.26 Å². The Morgan fingerprint density at radius 2 is 1.90 bits per heavy atom. The zero-order valence-corrected chi connectivity index (χ0v) is 16.3. The SMILES string of the molecule is Cc1cc(C(=O)CN2C3CCC2[C@@H](C(F)(F)F)C3)c(C)n1-c1ccc(C#N)cc1. The molecule has 0 amide bonds. The quantitative estimate of drug-likeness (QED) is 0.706. The molecular weight excluding hydrogens is 379 g/mol. The van der Waals surface area contributed by atoms with E-state index < -0.39 is 18.1 Å². The summed E-state index contributed by atoms with van der Waals surface area (Å²) in [6.07, 6.45) is -2.86. The van der Waals surface area contributed by atoms with Gasteiger partial charge in [-0.25, -0.2) is 0 Å². The minimum Gasteiger partial charge on any atom is -0.318 e. The van der Waals surface area contributed by atoms with Crippen molar-refractivity contribution < 1.29 is 18.0 Å². The van der Waals surface area contributed by atoms with Crippen molar-refractivity contribution in [2.24, 2.45) is 5.92 Å². The van der Waals surface area contributed by atoms with E-state index in [0.717, 1.165) is 23.5 Å². The molecule has 2 bridgehead atoms. The largest absolute Gasteiger partial charge is 0.393 e. The first-order valence-electron chi connectivity index (χ1n) is 9.76. The first-order chi connectivity index (χ1) is 13.7. The van der Waals surface area contributed by atoms with Gasteiger partial charge in [-0.1, -0.05) is 0 Å². The third kappa shape index (κ3) is 3.36. The maximum absolute atomic E-state index is 13.3. The molecule has 1 aromatic heterocycles. The maximum atomic E-state index is 13.3. The molecule has 0 saturated carbocycles.